The van der Waals surface area contributed by atoms with E-state index in [4.69, 9.17) is 15.0 Å². The Morgan fingerprint density at radius 1 is 0.435 bits per heavy atom. The van der Waals surface area contributed by atoms with E-state index in [0.29, 0.717) is 23.5 Å². The zero-order valence-corrected chi connectivity index (χ0v) is 39.6. The molecular weight excluding hydrogens is 839 g/mol. The van der Waals surface area contributed by atoms with Gasteiger partial charge >= 0.3 is 0 Å². The van der Waals surface area contributed by atoms with Crippen molar-refractivity contribution >= 4 is 54.4 Å². The van der Waals surface area contributed by atoms with E-state index in [1.807, 2.05) is 0 Å². The average Bonchev–Trinajstić information content (AvgIpc) is 3.91. The molecule has 0 bridgehead atoms. The van der Waals surface area contributed by atoms with Crippen LogP contribution in [0.1, 0.15) is 52.2 Å². The number of hydrogen-bond donors (Lipinski definition) is 0. The largest absolute Gasteiger partial charge is 0.307 e. The highest BCUT2D eigenvalue weighted by atomic mass is 15.2. The standard InChI is InChI=1S/C64H51N5/c1-40-39-63(2,3)54-26-16-25-49(57(54)64(40,4)5)46-21-15-22-48(38-46)68-55-27-13-11-23-50(55)52-35-36-53-51-24-12-14-28-56(51)69(59(53)58(52)68)62-66-60(44-32-29-43(30-33-44)41-17-7-6-8-18-41)65-61(67-62)47-34-31-42-19-9-10-20-45(42)37-47/h6-38,40H,39H2,1-5H3. The summed E-state index contributed by atoms with van der Waals surface area (Å²) in [5, 5.41) is 6.93. The van der Waals surface area contributed by atoms with Crippen molar-refractivity contribution in [2.75, 3.05) is 0 Å². The van der Waals surface area contributed by atoms with Crippen LogP contribution in [-0.2, 0) is 10.8 Å². The van der Waals surface area contributed by atoms with Gasteiger partial charge in [-0.1, -0.05) is 204 Å². The number of rotatable bonds is 6. The number of aromatic nitrogens is 5. The van der Waals surface area contributed by atoms with Crippen molar-refractivity contribution in [2.24, 2.45) is 5.92 Å². The quantitative estimate of drug-likeness (QED) is 0.167. The van der Waals surface area contributed by atoms with Crippen molar-refractivity contribution in [1.29, 1.82) is 0 Å². The van der Waals surface area contributed by atoms with Crippen LogP contribution < -0.4 is 0 Å². The van der Waals surface area contributed by atoms with Crippen LogP contribution in [0.2, 0.25) is 0 Å². The maximum atomic E-state index is 5.46. The first kappa shape index (κ1) is 41.1. The Kier molecular flexibility index (Phi) is 9.19. The van der Waals surface area contributed by atoms with Gasteiger partial charge in [-0.3, -0.25) is 4.57 Å². The van der Waals surface area contributed by atoms with E-state index in [9.17, 15) is 0 Å². The lowest BCUT2D eigenvalue weighted by atomic mass is 9.57. The van der Waals surface area contributed by atoms with Gasteiger partial charge in [0, 0.05) is 38.4 Å². The van der Waals surface area contributed by atoms with Crippen LogP contribution in [-0.4, -0.2) is 24.1 Å². The molecule has 1 aliphatic carbocycles. The van der Waals surface area contributed by atoms with Crippen LogP contribution in [0.25, 0.3) is 111 Å². The van der Waals surface area contributed by atoms with Gasteiger partial charge in [0.1, 0.15) is 0 Å². The zero-order chi connectivity index (χ0) is 46.6. The lowest BCUT2D eigenvalue weighted by Gasteiger charge is -2.47. The van der Waals surface area contributed by atoms with E-state index in [1.165, 1.54) is 38.4 Å². The van der Waals surface area contributed by atoms with Gasteiger partial charge in [0.15, 0.2) is 11.6 Å². The summed E-state index contributed by atoms with van der Waals surface area (Å²) >= 11 is 0. The van der Waals surface area contributed by atoms with Crippen molar-refractivity contribution in [3.8, 4) is 56.7 Å². The first-order valence-electron chi connectivity index (χ1n) is 24.2. The molecule has 0 spiro atoms. The maximum absolute atomic E-state index is 5.46. The van der Waals surface area contributed by atoms with Crippen LogP contribution in [0, 0.1) is 5.92 Å². The third-order valence-corrected chi connectivity index (χ3v) is 15.5. The molecule has 0 fully saturated rings. The molecule has 0 saturated carbocycles. The Morgan fingerprint density at radius 3 is 1.74 bits per heavy atom. The topological polar surface area (TPSA) is 48.5 Å². The van der Waals surface area contributed by atoms with Gasteiger partial charge in [-0.25, -0.2) is 4.98 Å². The Labute approximate surface area is 402 Å². The number of fused-ring (bicyclic) bond motifs is 9. The molecule has 69 heavy (non-hydrogen) atoms. The molecule has 3 heterocycles. The molecule has 0 saturated heterocycles. The highest BCUT2D eigenvalue weighted by Crippen LogP contribution is 2.52. The fourth-order valence-electron chi connectivity index (χ4n) is 11.7. The Balaban J connectivity index is 1.09. The van der Waals surface area contributed by atoms with Crippen molar-refractivity contribution in [3.63, 3.8) is 0 Å². The normalized spacial score (nSPS) is 15.3. The van der Waals surface area contributed by atoms with Crippen molar-refractivity contribution in [2.45, 2.75) is 51.9 Å². The molecule has 5 nitrogen and oxygen atoms in total. The fourth-order valence-corrected chi connectivity index (χ4v) is 11.7. The summed E-state index contributed by atoms with van der Waals surface area (Å²) in [6.45, 7) is 12.2. The molecule has 1 unspecified atom stereocenters. The Morgan fingerprint density at radius 2 is 1.00 bits per heavy atom. The number of hydrogen-bond acceptors (Lipinski definition) is 3. The van der Waals surface area contributed by atoms with Crippen molar-refractivity contribution in [3.05, 3.63) is 211 Å². The smallest absolute Gasteiger partial charge is 0.238 e. The van der Waals surface area contributed by atoms with Crippen LogP contribution in [0.4, 0.5) is 0 Å². The van der Waals surface area contributed by atoms with Gasteiger partial charge in [0.05, 0.1) is 22.1 Å². The van der Waals surface area contributed by atoms with Crippen LogP contribution in [0.5, 0.6) is 0 Å². The summed E-state index contributed by atoms with van der Waals surface area (Å²) in [4.78, 5) is 16.2. The molecule has 0 radical (unpaired) electrons. The second-order valence-corrected chi connectivity index (χ2v) is 20.3. The molecule has 1 atom stereocenters. The predicted octanol–water partition coefficient (Wildman–Crippen LogP) is 16.5. The van der Waals surface area contributed by atoms with Gasteiger partial charge < -0.3 is 4.57 Å². The lowest BCUT2D eigenvalue weighted by molar-refractivity contribution is 0.234. The molecule has 0 N–H and O–H groups in total. The summed E-state index contributed by atoms with van der Waals surface area (Å²) in [5.41, 5.74) is 15.1. The van der Waals surface area contributed by atoms with Crippen LogP contribution in [0.15, 0.2) is 200 Å². The summed E-state index contributed by atoms with van der Waals surface area (Å²) < 4.78 is 4.77. The van der Waals surface area contributed by atoms with Crippen molar-refractivity contribution in [1.82, 2.24) is 24.1 Å². The highest BCUT2D eigenvalue weighted by molar-refractivity contribution is 6.23. The third-order valence-electron chi connectivity index (χ3n) is 15.5. The first-order valence-corrected chi connectivity index (χ1v) is 24.2. The molecule has 9 aromatic carbocycles. The number of benzene rings is 9. The fraction of sp³-hybridized carbons (Fsp3) is 0.141. The van der Waals surface area contributed by atoms with E-state index in [2.05, 4.69) is 244 Å². The second-order valence-electron chi connectivity index (χ2n) is 20.3. The number of para-hydroxylation sites is 2. The highest BCUT2D eigenvalue weighted by Gasteiger charge is 2.43. The molecule has 3 aromatic heterocycles. The lowest BCUT2D eigenvalue weighted by Crippen LogP contribution is -2.40. The first-order chi connectivity index (χ1) is 33.6. The molecule has 5 heteroatoms. The monoisotopic (exact) mass is 889 g/mol. The number of nitrogens with zero attached hydrogens (tertiary/aromatic N) is 5. The predicted molar refractivity (Wildman–Crippen MR) is 288 cm³/mol. The minimum atomic E-state index is 0.0103. The third kappa shape index (κ3) is 6.48. The molecule has 0 amide bonds. The minimum absolute atomic E-state index is 0.0103. The van der Waals surface area contributed by atoms with Gasteiger partial charge in [-0.05, 0) is 97.7 Å². The van der Waals surface area contributed by atoms with Gasteiger partial charge in [0.25, 0.3) is 0 Å². The molecule has 1 aliphatic rings. The molecule has 332 valence electrons. The summed E-state index contributed by atoms with van der Waals surface area (Å²) in [7, 11) is 0. The van der Waals surface area contributed by atoms with Gasteiger partial charge in [-0.15, -0.1) is 0 Å². The van der Waals surface area contributed by atoms with E-state index in [1.54, 1.807) is 0 Å². The Bertz CT molecular complexity index is 4000. The van der Waals surface area contributed by atoms with E-state index >= 15 is 0 Å². The molecular formula is C64H51N5. The van der Waals surface area contributed by atoms with E-state index < -0.39 is 0 Å². The SMILES string of the molecule is CC1CC(C)(C)c2cccc(-c3cccc(-n4c5ccccc5c5ccc6c7ccccc7n(-c7nc(-c8ccc(-c9ccccc9)cc8)nc(-c8ccc9ccccc9c8)n7)c6c54)c3)c2C1(C)C. The van der Waals surface area contributed by atoms with Gasteiger partial charge in [-0.2, -0.15) is 9.97 Å². The van der Waals surface area contributed by atoms with E-state index in [0.717, 1.165) is 72.6 Å². The van der Waals surface area contributed by atoms with Crippen LogP contribution in [0.3, 0.4) is 0 Å². The average molecular weight is 890 g/mol. The summed E-state index contributed by atoms with van der Waals surface area (Å²) in [6, 6.07) is 72.3. The molecule has 13 rings (SSSR count). The molecule has 12 aromatic rings. The summed E-state index contributed by atoms with van der Waals surface area (Å²) in [5.74, 6) is 2.32. The van der Waals surface area contributed by atoms with E-state index in [-0.39, 0.29) is 10.8 Å². The second kappa shape index (κ2) is 15.4. The summed E-state index contributed by atoms with van der Waals surface area (Å²) in [6.07, 6.45) is 1.16. The maximum Gasteiger partial charge on any atom is 0.238 e. The molecule has 0 aliphatic heterocycles. The van der Waals surface area contributed by atoms with Crippen LogP contribution >= 0.6 is 0 Å². The Hall–Kier alpha value is -8.15. The van der Waals surface area contributed by atoms with Crippen molar-refractivity contribution < 1.29 is 0 Å². The zero-order valence-electron chi connectivity index (χ0n) is 39.6. The minimum Gasteiger partial charge on any atom is -0.307 e. The van der Waals surface area contributed by atoms with Gasteiger partial charge in [0.2, 0.25) is 5.95 Å².